The summed E-state index contributed by atoms with van der Waals surface area (Å²) in [6.07, 6.45) is 2.41. The average Bonchev–Trinajstić information content (AvgIpc) is 2.93. The molecule has 2 heterocycles. The van der Waals surface area contributed by atoms with Crippen LogP contribution in [0.4, 0.5) is 5.69 Å². The van der Waals surface area contributed by atoms with Gasteiger partial charge in [0.2, 0.25) is 0 Å². The van der Waals surface area contributed by atoms with Crippen molar-refractivity contribution in [1.82, 2.24) is 4.90 Å². The van der Waals surface area contributed by atoms with Gasteiger partial charge < -0.3 is 9.64 Å². The minimum atomic E-state index is 0.229. The van der Waals surface area contributed by atoms with Gasteiger partial charge in [-0.1, -0.05) is 37.3 Å². The number of anilines is 1. The lowest BCUT2D eigenvalue weighted by Crippen LogP contribution is -2.47. The van der Waals surface area contributed by atoms with Gasteiger partial charge in [0.25, 0.3) is 0 Å². The number of nitrogens with zero attached hydrogens (tertiary/aromatic N) is 2. The molecule has 0 aliphatic carbocycles. The normalized spacial score (nSPS) is 27.7. The zero-order chi connectivity index (χ0) is 17.4. The molecular formula is C22H28N2O. The third kappa shape index (κ3) is 2.71. The van der Waals surface area contributed by atoms with E-state index in [-0.39, 0.29) is 5.54 Å². The van der Waals surface area contributed by atoms with Crippen molar-refractivity contribution >= 4 is 5.69 Å². The second kappa shape index (κ2) is 6.38. The number of hydrogen-bond donors (Lipinski definition) is 0. The summed E-state index contributed by atoms with van der Waals surface area (Å²) in [6.45, 7) is 7.90. The van der Waals surface area contributed by atoms with Crippen LogP contribution in [0, 0.1) is 0 Å². The number of ether oxygens (including phenoxy) is 1. The molecule has 0 radical (unpaired) electrons. The summed E-state index contributed by atoms with van der Waals surface area (Å²) < 4.78 is 5.55. The Morgan fingerprint density at radius 2 is 1.96 bits per heavy atom. The van der Waals surface area contributed by atoms with E-state index in [1.54, 1.807) is 7.11 Å². The molecule has 2 aromatic rings. The van der Waals surface area contributed by atoms with Crippen LogP contribution in [0.15, 0.2) is 48.5 Å². The number of fused-ring (bicyclic) bond motifs is 4. The standard InChI is InChI=1S/C22H28N2O/c1-4-22(2)20-12-13-24(22)16-23(15-17-8-6-5-7-9-17)21-11-10-18(25-3)14-19(20)21/h5-11,14,20H,4,12-13,15-16H2,1-3H3. The largest absolute Gasteiger partial charge is 0.497 e. The predicted molar refractivity (Wildman–Crippen MR) is 103 cm³/mol. The summed E-state index contributed by atoms with van der Waals surface area (Å²) in [4.78, 5) is 5.23. The van der Waals surface area contributed by atoms with E-state index in [1.165, 1.54) is 36.2 Å². The molecule has 0 N–H and O–H groups in total. The molecule has 132 valence electrons. The highest BCUT2D eigenvalue weighted by atomic mass is 16.5. The van der Waals surface area contributed by atoms with Crippen molar-refractivity contribution < 1.29 is 4.74 Å². The third-order valence-electron chi connectivity index (χ3n) is 6.39. The zero-order valence-corrected chi connectivity index (χ0v) is 15.5. The van der Waals surface area contributed by atoms with E-state index >= 15 is 0 Å². The van der Waals surface area contributed by atoms with E-state index in [0.29, 0.717) is 5.92 Å². The van der Waals surface area contributed by atoms with Gasteiger partial charge in [-0.2, -0.15) is 0 Å². The molecule has 4 rings (SSSR count). The highest BCUT2D eigenvalue weighted by Gasteiger charge is 2.47. The van der Waals surface area contributed by atoms with E-state index in [9.17, 15) is 0 Å². The number of benzene rings is 2. The molecule has 0 aromatic heterocycles. The van der Waals surface area contributed by atoms with E-state index in [1.807, 2.05) is 0 Å². The van der Waals surface area contributed by atoms with Crippen molar-refractivity contribution in [1.29, 1.82) is 0 Å². The van der Waals surface area contributed by atoms with Crippen LogP contribution in [0.1, 0.15) is 43.7 Å². The fourth-order valence-corrected chi connectivity index (χ4v) is 4.71. The minimum Gasteiger partial charge on any atom is -0.497 e. The van der Waals surface area contributed by atoms with Gasteiger partial charge in [-0.3, -0.25) is 4.90 Å². The minimum absolute atomic E-state index is 0.229. The Balaban J connectivity index is 1.79. The van der Waals surface area contributed by atoms with Crippen LogP contribution in [-0.4, -0.2) is 30.8 Å². The van der Waals surface area contributed by atoms with Crippen molar-refractivity contribution in [2.45, 2.75) is 44.7 Å². The molecule has 3 heteroatoms. The topological polar surface area (TPSA) is 15.7 Å². The van der Waals surface area contributed by atoms with Gasteiger partial charge in [0, 0.05) is 30.2 Å². The highest BCUT2D eigenvalue weighted by molar-refractivity contribution is 5.60. The maximum Gasteiger partial charge on any atom is 0.119 e. The van der Waals surface area contributed by atoms with Crippen LogP contribution in [0.3, 0.4) is 0 Å². The predicted octanol–water partition coefficient (Wildman–Crippen LogP) is 4.63. The quantitative estimate of drug-likeness (QED) is 0.809. The first kappa shape index (κ1) is 16.5. The van der Waals surface area contributed by atoms with Crippen molar-refractivity contribution in [2.75, 3.05) is 25.2 Å². The molecule has 3 nitrogen and oxygen atoms in total. The number of rotatable bonds is 4. The Kier molecular flexibility index (Phi) is 4.20. The lowest BCUT2D eigenvalue weighted by molar-refractivity contribution is 0.142. The average molecular weight is 336 g/mol. The molecular weight excluding hydrogens is 308 g/mol. The fourth-order valence-electron chi connectivity index (χ4n) is 4.71. The molecule has 2 bridgehead atoms. The first-order valence-electron chi connectivity index (χ1n) is 9.37. The summed E-state index contributed by atoms with van der Waals surface area (Å²) in [5, 5.41) is 0. The lowest BCUT2D eigenvalue weighted by atomic mass is 9.79. The Morgan fingerprint density at radius 1 is 1.16 bits per heavy atom. The van der Waals surface area contributed by atoms with Crippen molar-refractivity contribution in [2.24, 2.45) is 0 Å². The van der Waals surface area contributed by atoms with E-state index in [2.05, 4.69) is 72.2 Å². The highest BCUT2D eigenvalue weighted by Crippen LogP contribution is 2.50. The van der Waals surface area contributed by atoms with Gasteiger partial charge in [-0.05, 0) is 49.1 Å². The monoisotopic (exact) mass is 336 g/mol. The maximum atomic E-state index is 5.55. The molecule has 2 aliphatic heterocycles. The molecule has 3 unspecified atom stereocenters. The third-order valence-corrected chi connectivity index (χ3v) is 6.39. The summed E-state index contributed by atoms with van der Waals surface area (Å²) in [5.41, 5.74) is 4.42. The molecule has 0 saturated carbocycles. The smallest absolute Gasteiger partial charge is 0.119 e. The van der Waals surface area contributed by atoms with Gasteiger partial charge in [0.05, 0.1) is 13.8 Å². The van der Waals surface area contributed by atoms with Crippen LogP contribution in [0.5, 0.6) is 5.75 Å². The van der Waals surface area contributed by atoms with Gasteiger partial charge >= 0.3 is 0 Å². The van der Waals surface area contributed by atoms with Crippen LogP contribution >= 0.6 is 0 Å². The molecule has 25 heavy (non-hydrogen) atoms. The molecule has 3 atom stereocenters. The first-order valence-corrected chi connectivity index (χ1v) is 9.37. The SMILES string of the molecule is CCC1(C)C2CCN1CN(Cc1ccccc1)c1ccc(OC)cc12. The number of hydrogen-bond acceptors (Lipinski definition) is 3. The van der Waals surface area contributed by atoms with Crippen LogP contribution < -0.4 is 9.64 Å². The molecule has 0 amide bonds. The van der Waals surface area contributed by atoms with Crippen LogP contribution in [-0.2, 0) is 6.54 Å². The van der Waals surface area contributed by atoms with Gasteiger partial charge in [0.15, 0.2) is 0 Å². The molecule has 2 aliphatic rings. The summed E-state index contributed by atoms with van der Waals surface area (Å²) in [5.74, 6) is 1.54. The van der Waals surface area contributed by atoms with Crippen LogP contribution in [0.2, 0.25) is 0 Å². The second-order valence-electron chi connectivity index (χ2n) is 7.57. The Morgan fingerprint density at radius 3 is 2.68 bits per heavy atom. The van der Waals surface area contributed by atoms with Gasteiger partial charge in [0.1, 0.15) is 5.75 Å². The van der Waals surface area contributed by atoms with E-state index < -0.39 is 0 Å². The first-order chi connectivity index (χ1) is 12.2. The zero-order valence-electron chi connectivity index (χ0n) is 15.5. The Labute approximate surface area is 151 Å². The van der Waals surface area contributed by atoms with Crippen molar-refractivity contribution in [3.63, 3.8) is 0 Å². The van der Waals surface area contributed by atoms with Gasteiger partial charge in [-0.25, -0.2) is 0 Å². The van der Waals surface area contributed by atoms with E-state index in [4.69, 9.17) is 4.74 Å². The molecule has 2 aromatic carbocycles. The van der Waals surface area contributed by atoms with Crippen LogP contribution in [0.25, 0.3) is 0 Å². The maximum absolute atomic E-state index is 5.55. The van der Waals surface area contributed by atoms with Crippen molar-refractivity contribution in [3.05, 3.63) is 59.7 Å². The number of methoxy groups -OCH3 is 1. The Hall–Kier alpha value is -2.00. The molecule has 1 saturated heterocycles. The fraction of sp³-hybridized carbons (Fsp3) is 0.455. The summed E-state index contributed by atoms with van der Waals surface area (Å²) in [6, 6.07) is 17.4. The van der Waals surface area contributed by atoms with Gasteiger partial charge in [-0.15, -0.1) is 0 Å². The van der Waals surface area contributed by atoms with E-state index in [0.717, 1.165) is 19.0 Å². The lowest BCUT2D eigenvalue weighted by Gasteiger charge is -2.38. The van der Waals surface area contributed by atoms with Crippen molar-refractivity contribution in [3.8, 4) is 5.75 Å². The molecule has 0 spiro atoms. The Bertz CT molecular complexity index is 745. The second-order valence-corrected chi connectivity index (χ2v) is 7.57. The summed E-state index contributed by atoms with van der Waals surface area (Å²) in [7, 11) is 1.76. The summed E-state index contributed by atoms with van der Waals surface area (Å²) >= 11 is 0. The molecule has 1 fully saturated rings.